The number of carbonyl (C=O) groups excluding carboxylic acids is 2. The van der Waals surface area contributed by atoms with Crippen molar-refractivity contribution in [3.8, 4) is 0 Å². The van der Waals surface area contributed by atoms with Crippen LogP contribution in [0.15, 0.2) is 85.1 Å². The summed E-state index contributed by atoms with van der Waals surface area (Å²) in [6, 6.07) is 0. The van der Waals surface area contributed by atoms with E-state index in [9.17, 15) is 14.7 Å². The molecule has 0 aliphatic carbocycles. The average Bonchev–Trinajstić information content (AvgIpc) is 3.06. The van der Waals surface area contributed by atoms with Gasteiger partial charge in [0.15, 0.2) is 6.10 Å². The molecule has 46 heavy (non-hydrogen) atoms. The van der Waals surface area contributed by atoms with Gasteiger partial charge in [-0.1, -0.05) is 131 Å². The Balaban J connectivity index is 3.74. The number of hydrogen-bond donors (Lipinski definition) is 1. The molecule has 0 amide bonds. The first-order chi connectivity index (χ1) is 22.6. The number of esters is 2. The minimum absolute atomic E-state index is 0.102. The highest BCUT2D eigenvalue weighted by Gasteiger charge is 2.15. The normalized spacial score (nSPS) is 13.2. The van der Waals surface area contributed by atoms with Crippen LogP contribution in [0.2, 0.25) is 0 Å². The lowest BCUT2D eigenvalue weighted by atomic mass is 10.1. The summed E-state index contributed by atoms with van der Waals surface area (Å²) >= 11 is 0. The van der Waals surface area contributed by atoms with Crippen LogP contribution >= 0.6 is 0 Å². The molecule has 0 saturated carbocycles. The summed E-state index contributed by atoms with van der Waals surface area (Å²) in [7, 11) is 0. The highest BCUT2D eigenvalue weighted by molar-refractivity contribution is 5.70. The van der Waals surface area contributed by atoms with Crippen molar-refractivity contribution < 1.29 is 24.2 Å². The second-order valence-electron chi connectivity index (χ2n) is 11.6. The summed E-state index contributed by atoms with van der Waals surface area (Å²) in [5, 5.41) is 9.52. The number of aliphatic hydroxyl groups excluding tert-OH is 1. The molecule has 0 fully saturated rings. The first-order valence-electron chi connectivity index (χ1n) is 18.1. The maximum Gasteiger partial charge on any atom is 0.306 e. The fraction of sp³-hybridized carbons (Fsp3) is 0.610. The number of rotatable bonds is 31. The van der Waals surface area contributed by atoms with Crippen molar-refractivity contribution >= 4 is 11.9 Å². The number of allylic oxidation sites excluding steroid dienone is 14. The number of hydrogen-bond acceptors (Lipinski definition) is 5. The van der Waals surface area contributed by atoms with Crippen molar-refractivity contribution in [3.63, 3.8) is 0 Å². The highest BCUT2D eigenvalue weighted by Crippen LogP contribution is 2.09. The van der Waals surface area contributed by atoms with Crippen LogP contribution in [0.1, 0.15) is 142 Å². The van der Waals surface area contributed by atoms with E-state index in [1.165, 1.54) is 25.7 Å². The molecule has 1 atom stereocenters. The smallest absolute Gasteiger partial charge is 0.306 e. The van der Waals surface area contributed by atoms with Gasteiger partial charge < -0.3 is 14.6 Å². The standard InChI is InChI=1S/C41H66O5/c1-3-5-7-9-11-13-15-17-19-20-22-24-26-28-30-32-34-36-41(44)46-39(37-42)38-45-40(43)35-33-31-29-27-25-23-21-18-16-14-12-10-8-6-4-2/h6,8,11-14,17-19,21-22,24,28,30,39,42H,3-5,7,9-10,15-16,20,23,25-27,29,31-38H2,1-2H3. The predicted molar refractivity (Wildman–Crippen MR) is 196 cm³/mol. The topological polar surface area (TPSA) is 72.8 Å². The SMILES string of the molecule is CCC=CCC=CCC=CCCCCCCCC(=O)OCC(CO)OC(=O)CCCC=CCC=CCC=CCC=CCCCCC. The van der Waals surface area contributed by atoms with E-state index in [1.807, 2.05) is 0 Å². The van der Waals surface area contributed by atoms with E-state index >= 15 is 0 Å². The number of ether oxygens (including phenoxy) is 2. The molecule has 0 saturated heterocycles. The zero-order chi connectivity index (χ0) is 33.6. The van der Waals surface area contributed by atoms with E-state index in [4.69, 9.17) is 9.47 Å². The summed E-state index contributed by atoms with van der Waals surface area (Å²) in [5.74, 6) is -0.687. The Morgan fingerprint density at radius 1 is 0.522 bits per heavy atom. The predicted octanol–water partition coefficient (Wildman–Crippen LogP) is 11.2. The molecule has 0 spiro atoms. The van der Waals surface area contributed by atoms with Gasteiger partial charge in [-0.05, 0) is 83.5 Å². The fourth-order valence-electron chi connectivity index (χ4n) is 4.44. The molecule has 0 radical (unpaired) electrons. The zero-order valence-electron chi connectivity index (χ0n) is 29.3. The lowest BCUT2D eigenvalue weighted by Crippen LogP contribution is -2.28. The van der Waals surface area contributed by atoms with Crippen molar-refractivity contribution in [1.82, 2.24) is 0 Å². The largest absolute Gasteiger partial charge is 0.462 e. The van der Waals surface area contributed by atoms with Gasteiger partial charge in [0.2, 0.25) is 0 Å². The van der Waals surface area contributed by atoms with Crippen molar-refractivity contribution in [3.05, 3.63) is 85.1 Å². The van der Waals surface area contributed by atoms with Crippen molar-refractivity contribution in [1.29, 1.82) is 0 Å². The van der Waals surface area contributed by atoms with Crippen molar-refractivity contribution in [2.24, 2.45) is 0 Å². The Kier molecular flexibility index (Phi) is 34.2. The van der Waals surface area contributed by atoms with Crippen LogP contribution in [0.25, 0.3) is 0 Å². The molecular formula is C41H66O5. The molecule has 260 valence electrons. The van der Waals surface area contributed by atoms with Crippen LogP contribution < -0.4 is 0 Å². The third-order valence-corrected chi connectivity index (χ3v) is 7.17. The van der Waals surface area contributed by atoms with E-state index in [2.05, 4.69) is 98.9 Å². The van der Waals surface area contributed by atoms with Crippen LogP contribution in [-0.2, 0) is 19.1 Å². The molecule has 0 aliphatic rings. The molecule has 0 aromatic heterocycles. The molecule has 1 unspecified atom stereocenters. The van der Waals surface area contributed by atoms with Gasteiger partial charge in [-0.15, -0.1) is 0 Å². The van der Waals surface area contributed by atoms with Gasteiger partial charge >= 0.3 is 11.9 Å². The van der Waals surface area contributed by atoms with Crippen molar-refractivity contribution in [2.45, 2.75) is 148 Å². The van der Waals surface area contributed by atoms with Gasteiger partial charge in [0.05, 0.1) is 6.61 Å². The van der Waals surface area contributed by atoms with Gasteiger partial charge in [-0.3, -0.25) is 9.59 Å². The zero-order valence-corrected chi connectivity index (χ0v) is 29.3. The minimum Gasteiger partial charge on any atom is -0.462 e. The molecule has 5 heteroatoms. The van der Waals surface area contributed by atoms with Gasteiger partial charge in [-0.25, -0.2) is 0 Å². The summed E-state index contributed by atoms with van der Waals surface area (Å²) in [4.78, 5) is 24.2. The molecule has 0 heterocycles. The molecule has 0 bridgehead atoms. The van der Waals surface area contributed by atoms with Gasteiger partial charge in [-0.2, -0.15) is 0 Å². The summed E-state index contributed by atoms with van der Waals surface area (Å²) in [6.45, 7) is 3.91. The van der Waals surface area contributed by atoms with E-state index in [0.29, 0.717) is 12.8 Å². The third-order valence-electron chi connectivity index (χ3n) is 7.17. The van der Waals surface area contributed by atoms with Crippen LogP contribution in [0.4, 0.5) is 0 Å². The van der Waals surface area contributed by atoms with Gasteiger partial charge in [0.1, 0.15) is 6.61 Å². The Hall–Kier alpha value is -2.92. The number of unbranched alkanes of at least 4 members (excludes halogenated alkanes) is 9. The van der Waals surface area contributed by atoms with Crippen LogP contribution in [0.5, 0.6) is 0 Å². The van der Waals surface area contributed by atoms with E-state index in [0.717, 1.165) is 83.5 Å². The molecule has 0 aromatic carbocycles. The first-order valence-corrected chi connectivity index (χ1v) is 18.1. The highest BCUT2D eigenvalue weighted by atomic mass is 16.6. The maximum absolute atomic E-state index is 12.1. The van der Waals surface area contributed by atoms with E-state index in [1.54, 1.807) is 0 Å². The quantitative estimate of drug-likeness (QED) is 0.0465. The molecule has 5 nitrogen and oxygen atoms in total. The lowest BCUT2D eigenvalue weighted by molar-refractivity contribution is -0.161. The average molecular weight is 639 g/mol. The first kappa shape index (κ1) is 43.1. The van der Waals surface area contributed by atoms with Gasteiger partial charge in [0, 0.05) is 12.8 Å². The maximum atomic E-state index is 12.1. The summed E-state index contributed by atoms with van der Waals surface area (Å²) in [6.07, 6.45) is 49.2. The van der Waals surface area contributed by atoms with Crippen molar-refractivity contribution in [2.75, 3.05) is 13.2 Å². The monoisotopic (exact) mass is 638 g/mol. The number of carbonyl (C=O) groups is 2. The van der Waals surface area contributed by atoms with Crippen LogP contribution in [0, 0.1) is 0 Å². The third kappa shape index (κ3) is 34.0. The molecule has 0 aliphatic heterocycles. The van der Waals surface area contributed by atoms with Crippen LogP contribution in [-0.4, -0.2) is 36.4 Å². The van der Waals surface area contributed by atoms with Gasteiger partial charge in [0.25, 0.3) is 0 Å². The van der Waals surface area contributed by atoms with E-state index in [-0.39, 0.29) is 31.6 Å². The molecular weight excluding hydrogens is 572 g/mol. The fourth-order valence-corrected chi connectivity index (χ4v) is 4.44. The second-order valence-corrected chi connectivity index (χ2v) is 11.6. The molecule has 1 N–H and O–H groups in total. The van der Waals surface area contributed by atoms with Crippen LogP contribution in [0.3, 0.4) is 0 Å². The number of aliphatic hydroxyl groups is 1. The molecule has 0 rings (SSSR count). The second kappa shape index (κ2) is 36.5. The summed E-state index contributed by atoms with van der Waals surface area (Å²) in [5.41, 5.74) is 0. The Morgan fingerprint density at radius 3 is 1.48 bits per heavy atom. The lowest BCUT2D eigenvalue weighted by Gasteiger charge is -2.15. The van der Waals surface area contributed by atoms with E-state index < -0.39 is 6.10 Å². The Bertz CT molecular complexity index is 906. The minimum atomic E-state index is -0.811. The Labute approximate surface area is 282 Å². The summed E-state index contributed by atoms with van der Waals surface area (Å²) < 4.78 is 10.5. The Morgan fingerprint density at radius 2 is 0.957 bits per heavy atom. The molecule has 0 aromatic rings.